The lowest BCUT2D eigenvalue weighted by molar-refractivity contribution is 0.140. The lowest BCUT2D eigenvalue weighted by Gasteiger charge is -2.15. The van der Waals surface area contributed by atoms with Crippen molar-refractivity contribution in [2.24, 2.45) is 5.73 Å². The van der Waals surface area contributed by atoms with Crippen LogP contribution in [0.25, 0.3) is 0 Å². The second kappa shape index (κ2) is 4.59. The number of aryl methyl sites for hydroxylation is 1. The summed E-state index contributed by atoms with van der Waals surface area (Å²) in [6, 6.07) is 1.93. The first-order valence-electron chi connectivity index (χ1n) is 5.19. The summed E-state index contributed by atoms with van der Waals surface area (Å²) >= 11 is 0. The molecule has 1 unspecified atom stereocenters. The number of pyridine rings is 1. The summed E-state index contributed by atoms with van der Waals surface area (Å²) in [5.41, 5.74) is 7.52. The molecule has 0 bridgehead atoms. The Bertz CT molecular complexity index is 335. The maximum absolute atomic E-state index is 5.83. The predicted octanol–water partition coefficient (Wildman–Crippen LogP) is 1.02. The average molecular weight is 208 g/mol. The summed E-state index contributed by atoms with van der Waals surface area (Å²) in [5, 5.41) is 0. The highest BCUT2D eigenvalue weighted by Gasteiger charge is 2.18. The van der Waals surface area contributed by atoms with Gasteiger partial charge < -0.3 is 15.2 Å². The Morgan fingerprint density at radius 3 is 3.20 bits per heavy atom. The van der Waals surface area contributed by atoms with Crippen molar-refractivity contribution in [3.8, 4) is 5.75 Å². The van der Waals surface area contributed by atoms with Gasteiger partial charge in [0.2, 0.25) is 0 Å². The van der Waals surface area contributed by atoms with Crippen molar-refractivity contribution >= 4 is 0 Å². The molecular formula is C11H16N2O2. The van der Waals surface area contributed by atoms with E-state index in [2.05, 4.69) is 4.98 Å². The minimum Gasteiger partial charge on any atom is -0.487 e. The van der Waals surface area contributed by atoms with Gasteiger partial charge in [0.05, 0.1) is 13.2 Å². The lowest BCUT2D eigenvalue weighted by Crippen LogP contribution is -2.17. The second-order valence-electron chi connectivity index (χ2n) is 3.74. The molecule has 1 aromatic rings. The summed E-state index contributed by atoms with van der Waals surface area (Å²) in [6.07, 6.45) is 2.89. The standard InChI is InChI=1S/C11H16N2O2/c1-8-4-11(9(5-12)6-13-8)15-10-2-3-14-7-10/h4,6,10H,2-3,5,7,12H2,1H3. The van der Waals surface area contributed by atoms with Gasteiger partial charge in [0, 0.05) is 36.5 Å². The molecule has 0 saturated carbocycles. The molecular weight excluding hydrogens is 192 g/mol. The number of ether oxygens (including phenoxy) is 2. The third-order valence-electron chi connectivity index (χ3n) is 2.48. The molecule has 15 heavy (non-hydrogen) atoms. The van der Waals surface area contributed by atoms with E-state index >= 15 is 0 Å². The van der Waals surface area contributed by atoms with Gasteiger partial charge in [0.1, 0.15) is 11.9 Å². The van der Waals surface area contributed by atoms with Crippen molar-refractivity contribution in [3.05, 3.63) is 23.5 Å². The normalized spacial score (nSPS) is 20.5. The Hall–Kier alpha value is -1.13. The highest BCUT2D eigenvalue weighted by Crippen LogP contribution is 2.21. The molecule has 4 heteroatoms. The molecule has 0 spiro atoms. The minimum absolute atomic E-state index is 0.164. The van der Waals surface area contributed by atoms with Gasteiger partial charge in [-0.3, -0.25) is 4.98 Å². The van der Waals surface area contributed by atoms with Crippen molar-refractivity contribution in [2.75, 3.05) is 13.2 Å². The first-order chi connectivity index (χ1) is 7.29. The molecule has 1 aliphatic heterocycles. The highest BCUT2D eigenvalue weighted by molar-refractivity contribution is 5.32. The van der Waals surface area contributed by atoms with E-state index in [9.17, 15) is 0 Å². The molecule has 1 aliphatic rings. The van der Waals surface area contributed by atoms with Crippen LogP contribution in [-0.2, 0) is 11.3 Å². The molecule has 1 atom stereocenters. The number of hydrogen-bond donors (Lipinski definition) is 1. The van der Waals surface area contributed by atoms with Gasteiger partial charge in [0.15, 0.2) is 0 Å². The molecule has 2 heterocycles. The Balaban J connectivity index is 2.14. The van der Waals surface area contributed by atoms with Gasteiger partial charge in [-0.1, -0.05) is 0 Å². The topological polar surface area (TPSA) is 57.4 Å². The molecule has 1 aromatic heterocycles. The predicted molar refractivity (Wildman–Crippen MR) is 56.7 cm³/mol. The van der Waals surface area contributed by atoms with Crippen molar-refractivity contribution in [1.29, 1.82) is 0 Å². The van der Waals surface area contributed by atoms with E-state index in [1.165, 1.54) is 0 Å². The van der Waals surface area contributed by atoms with E-state index < -0.39 is 0 Å². The molecule has 2 N–H and O–H groups in total. The van der Waals surface area contributed by atoms with Gasteiger partial charge in [-0.25, -0.2) is 0 Å². The monoisotopic (exact) mass is 208 g/mol. The summed E-state index contributed by atoms with van der Waals surface area (Å²) < 4.78 is 11.1. The zero-order valence-corrected chi connectivity index (χ0v) is 8.90. The van der Waals surface area contributed by atoms with E-state index in [0.717, 1.165) is 30.0 Å². The molecule has 2 rings (SSSR count). The first kappa shape index (κ1) is 10.4. The average Bonchev–Trinajstić information content (AvgIpc) is 2.71. The third-order valence-corrected chi connectivity index (χ3v) is 2.48. The lowest BCUT2D eigenvalue weighted by atomic mass is 10.2. The van der Waals surface area contributed by atoms with Crippen LogP contribution in [0.1, 0.15) is 17.7 Å². The maximum Gasteiger partial charge on any atom is 0.127 e. The van der Waals surface area contributed by atoms with E-state index in [4.69, 9.17) is 15.2 Å². The van der Waals surface area contributed by atoms with Crippen LogP contribution in [0.15, 0.2) is 12.3 Å². The number of nitrogens with two attached hydrogens (primary N) is 1. The molecule has 0 radical (unpaired) electrons. The zero-order valence-electron chi connectivity index (χ0n) is 8.90. The van der Waals surface area contributed by atoms with Gasteiger partial charge in [0.25, 0.3) is 0 Å². The van der Waals surface area contributed by atoms with Crippen molar-refractivity contribution < 1.29 is 9.47 Å². The summed E-state index contributed by atoms with van der Waals surface area (Å²) in [6.45, 7) is 3.85. The van der Waals surface area contributed by atoms with E-state index in [-0.39, 0.29) is 6.10 Å². The fourth-order valence-electron chi connectivity index (χ4n) is 1.61. The minimum atomic E-state index is 0.164. The number of hydrogen-bond acceptors (Lipinski definition) is 4. The van der Waals surface area contributed by atoms with Crippen LogP contribution in [-0.4, -0.2) is 24.3 Å². The Kier molecular flexibility index (Phi) is 3.18. The van der Waals surface area contributed by atoms with Crippen molar-refractivity contribution in [1.82, 2.24) is 4.98 Å². The highest BCUT2D eigenvalue weighted by atomic mass is 16.5. The van der Waals surface area contributed by atoms with Crippen molar-refractivity contribution in [2.45, 2.75) is 26.0 Å². The third kappa shape index (κ3) is 2.46. The van der Waals surface area contributed by atoms with Crippen LogP contribution in [0.2, 0.25) is 0 Å². The van der Waals surface area contributed by atoms with Crippen LogP contribution in [0.4, 0.5) is 0 Å². The fourth-order valence-corrected chi connectivity index (χ4v) is 1.61. The number of aromatic nitrogens is 1. The quantitative estimate of drug-likeness (QED) is 0.805. The molecule has 1 fully saturated rings. The zero-order chi connectivity index (χ0) is 10.7. The summed E-state index contributed by atoms with van der Waals surface area (Å²) in [4.78, 5) is 4.19. The van der Waals surface area contributed by atoms with Crippen LogP contribution >= 0.6 is 0 Å². The van der Waals surface area contributed by atoms with E-state index in [1.54, 1.807) is 6.20 Å². The maximum atomic E-state index is 5.83. The van der Waals surface area contributed by atoms with Gasteiger partial charge >= 0.3 is 0 Å². The first-order valence-corrected chi connectivity index (χ1v) is 5.19. The largest absolute Gasteiger partial charge is 0.487 e. The Labute approximate surface area is 89.4 Å². The number of nitrogens with zero attached hydrogens (tertiary/aromatic N) is 1. The molecule has 0 amide bonds. The number of rotatable bonds is 3. The molecule has 4 nitrogen and oxygen atoms in total. The van der Waals surface area contributed by atoms with Gasteiger partial charge in [-0.2, -0.15) is 0 Å². The second-order valence-corrected chi connectivity index (χ2v) is 3.74. The molecule has 82 valence electrons. The van der Waals surface area contributed by atoms with Crippen LogP contribution in [0.5, 0.6) is 5.75 Å². The fraction of sp³-hybridized carbons (Fsp3) is 0.545. The Morgan fingerprint density at radius 2 is 2.53 bits per heavy atom. The Morgan fingerprint density at radius 1 is 1.67 bits per heavy atom. The molecule has 0 aromatic carbocycles. The van der Waals surface area contributed by atoms with Gasteiger partial charge in [-0.05, 0) is 6.92 Å². The molecule has 0 aliphatic carbocycles. The summed E-state index contributed by atoms with van der Waals surface area (Å²) in [5.74, 6) is 0.848. The smallest absolute Gasteiger partial charge is 0.127 e. The van der Waals surface area contributed by atoms with Crippen LogP contribution in [0.3, 0.4) is 0 Å². The van der Waals surface area contributed by atoms with Crippen LogP contribution < -0.4 is 10.5 Å². The SMILES string of the molecule is Cc1cc(OC2CCOC2)c(CN)cn1. The van der Waals surface area contributed by atoms with E-state index in [1.807, 2.05) is 13.0 Å². The van der Waals surface area contributed by atoms with Gasteiger partial charge in [-0.15, -0.1) is 0 Å². The van der Waals surface area contributed by atoms with Crippen molar-refractivity contribution in [3.63, 3.8) is 0 Å². The summed E-state index contributed by atoms with van der Waals surface area (Å²) in [7, 11) is 0. The van der Waals surface area contributed by atoms with E-state index in [0.29, 0.717) is 13.2 Å². The molecule has 1 saturated heterocycles. The van der Waals surface area contributed by atoms with Crippen LogP contribution in [0, 0.1) is 6.92 Å².